The van der Waals surface area contributed by atoms with Crippen molar-refractivity contribution in [2.45, 2.75) is 76.7 Å². The SMILES string of the molecule is CC[N+](=CC1CCC[C@H]1Oc1ccc2c(c1)CN(C1CCC(=O)NC1=O)C2=O)CC1CC(OC)C1. The Kier molecular flexibility index (Phi) is 6.91. The molecule has 0 radical (unpaired) electrons. The summed E-state index contributed by atoms with van der Waals surface area (Å²) in [5.41, 5.74) is 1.49. The maximum absolute atomic E-state index is 12.9. The standard InChI is InChI=1S/C27H35N3O5/c1-3-29(14-17-11-21(12-17)34-2)15-18-5-4-6-24(18)35-20-7-8-22-19(13-20)16-30(27(22)33)23-9-10-25(31)28-26(23)32/h7-8,13,15,17-18,21,23-24H,3-6,9-12,14,16H2,1-2H3/p+1/t17?,18?,21?,23?,24-/m1/s1. The van der Waals surface area contributed by atoms with Crippen LogP contribution in [0, 0.1) is 11.8 Å². The fourth-order valence-corrected chi connectivity index (χ4v) is 5.98. The summed E-state index contributed by atoms with van der Waals surface area (Å²) in [4.78, 5) is 38.3. The molecule has 4 aliphatic rings. The van der Waals surface area contributed by atoms with Crippen molar-refractivity contribution in [1.82, 2.24) is 10.2 Å². The van der Waals surface area contributed by atoms with Gasteiger partial charge in [0.25, 0.3) is 5.91 Å². The van der Waals surface area contributed by atoms with Crippen LogP contribution < -0.4 is 10.1 Å². The second kappa shape index (κ2) is 10.1. The zero-order chi connectivity index (χ0) is 24.5. The Hall–Kier alpha value is -2.74. The molecule has 2 unspecified atom stereocenters. The molecule has 8 heteroatoms. The van der Waals surface area contributed by atoms with E-state index in [1.54, 1.807) is 12.0 Å². The first-order valence-corrected chi connectivity index (χ1v) is 13.0. The molecule has 0 aromatic heterocycles. The smallest absolute Gasteiger partial charge is 0.255 e. The Morgan fingerprint density at radius 1 is 1.17 bits per heavy atom. The molecule has 0 bridgehead atoms. The summed E-state index contributed by atoms with van der Waals surface area (Å²) in [5, 5.41) is 2.35. The fourth-order valence-electron chi connectivity index (χ4n) is 5.98. The summed E-state index contributed by atoms with van der Waals surface area (Å²) in [6.45, 7) is 4.65. The molecule has 3 fully saturated rings. The molecule has 2 heterocycles. The second-order valence-electron chi connectivity index (χ2n) is 10.4. The van der Waals surface area contributed by atoms with E-state index in [1.165, 1.54) is 0 Å². The number of fused-ring (bicyclic) bond motifs is 1. The highest BCUT2D eigenvalue weighted by Crippen LogP contribution is 2.34. The lowest BCUT2D eigenvalue weighted by Crippen LogP contribution is -2.52. The molecule has 3 amide bonds. The monoisotopic (exact) mass is 482 g/mol. The van der Waals surface area contributed by atoms with Crippen molar-refractivity contribution in [3.8, 4) is 5.75 Å². The van der Waals surface area contributed by atoms with Crippen molar-refractivity contribution in [3.05, 3.63) is 29.3 Å². The number of piperidine rings is 1. The van der Waals surface area contributed by atoms with Crippen LogP contribution in [-0.2, 0) is 20.9 Å². The van der Waals surface area contributed by atoms with Gasteiger partial charge >= 0.3 is 0 Å². The quantitative estimate of drug-likeness (QED) is 0.350. The molecule has 1 N–H and O–H groups in total. The molecule has 1 aromatic carbocycles. The van der Waals surface area contributed by atoms with Crippen LogP contribution >= 0.6 is 0 Å². The van der Waals surface area contributed by atoms with Crippen LogP contribution in [0.25, 0.3) is 0 Å². The molecule has 1 saturated heterocycles. The number of carbonyl (C=O) groups is 3. The van der Waals surface area contributed by atoms with Crippen LogP contribution in [0.5, 0.6) is 5.75 Å². The van der Waals surface area contributed by atoms with Crippen LogP contribution in [0.2, 0.25) is 0 Å². The van der Waals surface area contributed by atoms with E-state index in [1.807, 2.05) is 18.2 Å². The van der Waals surface area contributed by atoms with E-state index >= 15 is 0 Å². The highest BCUT2D eigenvalue weighted by Gasteiger charge is 2.39. The van der Waals surface area contributed by atoms with Gasteiger partial charge in [-0.2, -0.15) is 0 Å². The van der Waals surface area contributed by atoms with Gasteiger partial charge in [0.15, 0.2) is 0 Å². The van der Waals surface area contributed by atoms with Crippen LogP contribution in [0.3, 0.4) is 0 Å². The van der Waals surface area contributed by atoms with E-state index in [9.17, 15) is 14.4 Å². The molecule has 3 atom stereocenters. The third-order valence-electron chi connectivity index (χ3n) is 8.11. The minimum absolute atomic E-state index is 0.124. The largest absolute Gasteiger partial charge is 0.490 e. The predicted octanol–water partition coefficient (Wildman–Crippen LogP) is 2.52. The van der Waals surface area contributed by atoms with Gasteiger partial charge in [-0.3, -0.25) is 19.7 Å². The summed E-state index contributed by atoms with van der Waals surface area (Å²) in [6.07, 6.45) is 9.15. The first kappa shape index (κ1) is 24.0. The van der Waals surface area contributed by atoms with Crippen LogP contribution in [-0.4, -0.2) is 71.9 Å². The number of methoxy groups -OCH3 is 1. The Morgan fingerprint density at radius 3 is 2.74 bits per heavy atom. The number of ether oxygens (including phenoxy) is 2. The molecule has 2 aliphatic heterocycles. The predicted molar refractivity (Wildman–Crippen MR) is 129 cm³/mol. The van der Waals surface area contributed by atoms with E-state index in [0.29, 0.717) is 36.5 Å². The van der Waals surface area contributed by atoms with E-state index < -0.39 is 6.04 Å². The zero-order valence-electron chi connectivity index (χ0n) is 20.7. The number of rotatable bonds is 8. The number of hydrogen-bond acceptors (Lipinski definition) is 5. The fraction of sp³-hybridized carbons (Fsp3) is 0.630. The van der Waals surface area contributed by atoms with E-state index in [4.69, 9.17) is 9.47 Å². The van der Waals surface area contributed by atoms with Gasteiger partial charge < -0.3 is 14.4 Å². The molecule has 188 valence electrons. The van der Waals surface area contributed by atoms with Crippen molar-refractivity contribution in [2.75, 3.05) is 20.2 Å². The topological polar surface area (TPSA) is 88.0 Å². The van der Waals surface area contributed by atoms with Gasteiger partial charge in [0.2, 0.25) is 11.8 Å². The maximum Gasteiger partial charge on any atom is 0.255 e. The lowest BCUT2D eigenvalue weighted by atomic mass is 9.82. The van der Waals surface area contributed by atoms with Crippen molar-refractivity contribution >= 4 is 23.9 Å². The zero-order valence-corrected chi connectivity index (χ0v) is 20.7. The Morgan fingerprint density at radius 2 is 2.00 bits per heavy atom. The molecular formula is C27H36N3O5+. The summed E-state index contributed by atoms with van der Waals surface area (Å²) < 4.78 is 14.3. The minimum atomic E-state index is -0.597. The van der Waals surface area contributed by atoms with Crippen LogP contribution in [0.4, 0.5) is 0 Å². The molecule has 2 aliphatic carbocycles. The lowest BCUT2D eigenvalue weighted by molar-refractivity contribution is -0.532. The summed E-state index contributed by atoms with van der Waals surface area (Å²) in [7, 11) is 1.80. The van der Waals surface area contributed by atoms with Crippen molar-refractivity contribution in [2.24, 2.45) is 11.8 Å². The third kappa shape index (κ3) is 4.99. The molecule has 2 saturated carbocycles. The average Bonchev–Trinajstić information content (AvgIpc) is 3.38. The normalized spacial score (nSPS) is 30.8. The minimum Gasteiger partial charge on any atom is -0.490 e. The maximum atomic E-state index is 12.9. The second-order valence-corrected chi connectivity index (χ2v) is 10.4. The number of imide groups is 1. The van der Waals surface area contributed by atoms with Gasteiger partial charge in [0, 0.05) is 31.6 Å². The van der Waals surface area contributed by atoms with Crippen molar-refractivity contribution in [1.29, 1.82) is 0 Å². The van der Waals surface area contributed by atoms with Gasteiger partial charge in [0.05, 0.1) is 12.0 Å². The van der Waals surface area contributed by atoms with E-state index in [-0.39, 0.29) is 30.2 Å². The number of carbonyl (C=O) groups excluding carboxylic acids is 3. The number of hydrogen-bond donors (Lipinski definition) is 1. The van der Waals surface area contributed by atoms with Gasteiger partial charge in [0.1, 0.15) is 37.2 Å². The molecule has 0 spiro atoms. The molecule has 8 nitrogen and oxygen atoms in total. The van der Waals surface area contributed by atoms with Gasteiger partial charge in [-0.05, 0) is 69.2 Å². The van der Waals surface area contributed by atoms with E-state index in [0.717, 1.165) is 56.5 Å². The van der Waals surface area contributed by atoms with E-state index in [2.05, 4.69) is 23.0 Å². The first-order valence-electron chi connectivity index (χ1n) is 13.0. The van der Waals surface area contributed by atoms with Gasteiger partial charge in [-0.25, -0.2) is 4.58 Å². The highest BCUT2D eigenvalue weighted by atomic mass is 16.5. The summed E-state index contributed by atoms with van der Waals surface area (Å²) >= 11 is 0. The Labute approximate surface area is 206 Å². The van der Waals surface area contributed by atoms with Crippen LogP contribution in [0.1, 0.15) is 67.8 Å². The summed E-state index contributed by atoms with van der Waals surface area (Å²) in [6, 6.07) is 5.04. The molecule has 1 aromatic rings. The van der Waals surface area contributed by atoms with Crippen molar-refractivity contribution < 1.29 is 28.4 Å². The number of amides is 3. The first-order chi connectivity index (χ1) is 16.9. The molecular weight excluding hydrogens is 446 g/mol. The lowest BCUT2D eigenvalue weighted by Gasteiger charge is -2.32. The summed E-state index contributed by atoms with van der Waals surface area (Å²) in [5.74, 6) is 1.04. The number of nitrogens with zero attached hydrogens (tertiary/aromatic N) is 2. The highest BCUT2D eigenvalue weighted by molar-refractivity contribution is 6.05. The molecule has 35 heavy (non-hydrogen) atoms. The Balaban J connectivity index is 1.23. The molecule has 5 rings (SSSR count). The van der Waals surface area contributed by atoms with Crippen molar-refractivity contribution in [3.63, 3.8) is 0 Å². The van der Waals surface area contributed by atoms with Crippen LogP contribution in [0.15, 0.2) is 18.2 Å². The third-order valence-corrected chi connectivity index (χ3v) is 8.11. The average molecular weight is 483 g/mol. The number of nitrogens with one attached hydrogen (secondary N) is 1. The number of benzene rings is 1. The Bertz CT molecular complexity index is 1030. The van der Waals surface area contributed by atoms with Gasteiger partial charge in [-0.15, -0.1) is 0 Å². The van der Waals surface area contributed by atoms with Gasteiger partial charge in [-0.1, -0.05) is 0 Å².